The zero-order chi connectivity index (χ0) is 14.5. The van der Waals surface area contributed by atoms with E-state index in [0.29, 0.717) is 12.2 Å². The van der Waals surface area contributed by atoms with E-state index in [1.165, 1.54) is 10.9 Å². The van der Waals surface area contributed by atoms with Crippen LogP contribution in [0.5, 0.6) is 0 Å². The van der Waals surface area contributed by atoms with Gasteiger partial charge in [-0.15, -0.1) is 6.42 Å². The van der Waals surface area contributed by atoms with E-state index in [-0.39, 0.29) is 23.2 Å². The average molecular weight is 292 g/mol. The zero-order valence-electron chi connectivity index (χ0n) is 11.0. The Morgan fingerprint density at radius 3 is 3.05 bits per heavy atom. The molecule has 0 spiro atoms. The SMILES string of the molecule is C#CCn1ncc(Cl)c(NC(C)Cn2ccnc2)c1=O. The maximum atomic E-state index is 12.2. The summed E-state index contributed by atoms with van der Waals surface area (Å²) in [6.45, 7) is 2.72. The van der Waals surface area contributed by atoms with Crippen LogP contribution in [0.25, 0.3) is 0 Å². The highest BCUT2D eigenvalue weighted by Crippen LogP contribution is 2.16. The largest absolute Gasteiger partial charge is 0.375 e. The fraction of sp³-hybridized carbons (Fsp3) is 0.308. The molecule has 0 radical (unpaired) electrons. The minimum Gasteiger partial charge on any atom is -0.375 e. The average Bonchev–Trinajstić information content (AvgIpc) is 2.91. The number of aromatic nitrogens is 4. The minimum absolute atomic E-state index is 0.00362. The Balaban J connectivity index is 2.18. The molecule has 2 heterocycles. The summed E-state index contributed by atoms with van der Waals surface area (Å²) >= 11 is 6.02. The van der Waals surface area contributed by atoms with Gasteiger partial charge in [0.25, 0.3) is 5.56 Å². The van der Waals surface area contributed by atoms with Crippen molar-refractivity contribution in [1.82, 2.24) is 19.3 Å². The smallest absolute Gasteiger partial charge is 0.292 e. The Bertz CT molecular complexity index is 671. The Kier molecular flexibility index (Phi) is 4.43. The molecule has 0 aliphatic carbocycles. The van der Waals surface area contributed by atoms with Crippen LogP contribution in [0, 0.1) is 12.3 Å². The molecule has 2 rings (SSSR count). The summed E-state index contributed by atoms with van der Waals surface area (Å²) < 4.78 is 3.10. The van der Waals surface area contributed by atoms with Crippen molar-refractivity contribution >= 4 is 17.3 Å². The van der Waals surface area contributed by atoms with Gasteiger partial charge < -0.3 is 9.88 Å². The van der Waals surface area contributed by atoms with Crippen LogP contribution in [0.2, 0.25) is 5.02 Å². The molecule has 1 N–H and O–H groups in total. The van der Waals surface area contributed by atoms with Gasteiger partial charge in [-0.05, 0) is 6.92 Å². The quantitative estimate of drug-likeness (QED) is 0.842. The second-order valence-corrected chi connectivity index (χ2v) is 4.75. The highest BCUT2D eigenvalue weighted by Gasteiger charge is 2.12. The van der Waals surface area contributed by atoms with Gasteiger partial charge in [0.15, 0.2) is 0 Å². The highest BCUT2D eigenvalue weighted by atomic mass is 35.5. The van der Waals surface area contributed by atoms with Crippen molar-refractivity contribution < 1.29 is 0 Å². The molecule has 104 valence electrons. The Labute approximate surface area is 121 Å². The number of hydrogen-bond donors (Lipinski definition) is 1. The van der Waals surface area contributed by atoms with E-state index >= 15 is 0 Å². The topological polar surface area (TPSA) is 64.7 Å². The number of terminal acetylenes is 1. The first-order valence-electron chi connectivity index (χ1n) is 6.03. The number of rotatable bonds is 5. The van der Waals surface area contributed by atoms with Gasteiger partial charge in [0.05, 0.1) is 17.5 Å². The third kappa shape index (κ3) is 3.19. The van der Waals surface area contributed by atoms with Crippen LogP contribution in [0.4, 0.5) is 5.69 Å². The predicted molar refractivity (Wildman–Crippen MR) is 77.7 cm³/mol. The van der Waals surface area contributed by atoms with Crippen LogP contribution in [0.15, 0.2) is 29.7 Å². The van der Waals surface area contributed by atoms with Crippen LogP contribution >= 0.6 is 11.6 Å². The van der Waals surface area contributed by atoms with E-state index in [1.807, 2.05) is 17.7 Å². The molecular formula is C13H14ClN5O. The number of imidazole rings is 1. The molecule has 20 heavy (non-hydrogen) atoms. The molecule has 2 aromatic rings. The lowest BCUT2D eigenvalue weighted by atomic mass is 10.3. The third-order valence-electron chi connectivity index (χ3n) is 2.67. The number of nitrogens with zero attached hydrogens (tertiary/aromatic N) is 4. The van der Waals surface area contributed by atoms with Crippen molar-refractivity contribution in [1.29, 1.82) is 0 Å². The molecule has 0 saturated carbocycles. The van der Waals surface area contributed by atoms with Crippen LogP contribution in [-0.2, 0) is 13.1 Å². The first kappa shape index (κ1) is 14.2. The fourth-order valence-corrected chi connectivity index (χ4v) is 1.98. The van der Waals surface area contributed by atoms with Crippen molar-refractivity contribution in [3.05, 3.63) is 40.3 Å². The van der Waals surface area contributed by atoms with Gasteiger partial charge in [-0.3, -0.25) is 4.79 Å². The van der Waals surface area contributed by atoms with E-state index in [2.05, 4.69) is 21.3 Å². The number of anilines is 1. The van der Waals surface area contributed by atoms with Gasteiger partial charge in [0, 0.05) is 25.0 Å². The molecular weight excluding hydrogens is 278 g/mol. The van der Waals surface area contributed by atoms with Gasteiger partial charge in [-0.2, -0.15) is 5.10 Å². The molecule has 1 unspecified atom stereocenters. The van der Waals surface area contributed by atoms with E-state index in [1.54, 1.807) is 12.5 Å². The third-order valence-corrected chi connectivity index (χ3v) is 2.96. The Hall–Kier alpha value is -2.26. The summed E-state index contributed by atoms with van der Waals surface area (Å²) in [7, 11) is 0. The maximum Gasteiger partial charge on any atom is 0.292 e. The predicted octanol–water partition coefficient (Wildman–Crippen LogP) is 1.23. The lowest BCUT2D eigenvalue weighted by molar-refractivity contribution is 0.612. The normalized spacial score (nSPS) is 11.8. The molecule has 0 fully saturated rings. The van der Waals surface area contributed by atoms with Gasteiger partial charge in [0.1, 0.15) is 12.2 Å². The van der Waals surface area contributed by atoms with Crippen molar-refractivity contribution in [2.45, 2.75) is 26.1 Å². The van der Waals surface area contributed by atoms with Crippen LogP contribution in [0.1, 0.15) is 6.92 Å². The van der Waals surface area contributed by atoms with E-state index in [9.17, 15) is 4.79 Å². The summed E-state index contributed by atoms with van der Waals surface area (Å²) in [5, 5.41) is 7.26. The second-order valence-electron chi connectivity index (χ2n) is 4.34. The monoisotopic (exact) mass is 291 g/mol. The summed E-state index contributed by atoms with van der Waals surface area (Å²) in [5.41, 5.74) is -0.0162. The van der Waals surface area contributed by atoms with E-state index in [0.717, 1.165) is 0 Å². The van der Waals surface area contributed by atoms with Gasteiger partial charge >= 0.3 is 0 Å². The molecule has 0 amide bonds. The van der Waals surface area contributed by atoms with Crippen LogP contribution < -0.4 is 10.9 Å². The summed E-state index contributed by atoms with van der Waals surface area (Å²) in [6, 6.07) is -0.00362. The zero-order valence-corrected chi connectivity index (χ0v) is 11.7. The molecule has 0 aliphatic heterocycles. The Morgan fingerprint density at radius 2 is 2.40 bits per heavy atom. The highest BCUT2D eigenvalue weighted by molar-refractivity contribution is 6.33. The first-order valence-corrected chi connectivity index (χ1v) is 6.41. The summed E-state index contributed by atoms with van der Waals surface area (Å²) in [5.74, 6) is 2.38. The van der Waals surface area contributed by atoms with E-state index in [4.69, 9.17) is 18.0 Å². The standard InChI is InChI=1S/C13H14ClN5O/c1-3-5-19-13(20)12(11(14)7-16-19)17-10(2)8-18-6-4-15-9-18/h1,4,6-7,9-10,17H,5,8H2,2H3. The molecule has 0 saturated heterocycles. The van der Waals surface area contributed by atoms with Crippen LogP contribution in [-0.4, -0.2) is 25.4 Å². The van der Waals surface area contributed by atoms with Crippen molar-refractivity contribution in [2.75, 3.05) is 5.32 Å². The summed E-state index contributed by atoms with van der Waals surface area (Å²) in [4.78, 5) is 16.1. The second kappa shape index (κ2) is 6.26. The van der Waals surface area contributed by atoms with Crippen LogP contribution in [0.3, 0.4) is 0 Å². The molecule has 0 bridgehead atoms. The van der Waals surface area contributed by atoms with Crippen molar-refractivity contribution in [2.24, 2.45) is 0 Å². The molecule has 1 atom stereocenters. The molecule has 0 aliphatic rings. The number of hydrogen-bond acceptors (Lipinski definition) is 4. The minimum atomic E-state index is -0.326. The summed E-state index contributed by atoms with van der Waals surface area (Å²) in [6.07, 6.45) is 11.9. The molecule has 2 aromatic heterocycles. The molecule has 6 nitrogen and oxygen atoms in total. The lowest BCUT2D eigenvalue weighted by Crippen LogP contribution is -2.30. The molecule has 7 heteroatoms. The van der Waals surface area contributed by atoms with Crippen molar-refractivity contribution in [3.8, 4) is 12.3 Å². The van der Waals surface area contributed by atoms with Crippen molar-refractivity contribution in [3.63, 3.8) is 0 Å². The van der Waals surface area contributed by atoms with Gasteiger partial charge in [-0.1, -0.05) is 17.5 Å². The van der Waals surface area contributed by atoms with Gasteiger partial charge in [0.2, 0.25) is 0 Å². The molecule has 0 aromatic carbocycles. The first-order chi connectivity index (χ1) is 9.61. The lowest BCUT2D eigenvalue weighted by Gasteiger charge is -2.16. The maximum absolute atomic E-state index is 12.2. The fourth-order valence-electron chi connectivity index (χ4n) is 1.80. The van der Waals surface area contributed by atoms with E-state index < -0.39 is 0 Å². The Morgan fingerprint density at radius 1 is 1.60 bits per heavy atom. The number of halogens is 1. The van der Waals surface area contributed by atoms with Gasteiger partial charge in [-0.25, -0.2) is 9.67 Å². The number of nitrogens with one attached hydrogen (secondary N) is 1.